The van der Waals surface area contributed by atoms with Gasteiger partial charge in [0, 0.05) is 12.1 Å². The maximum Gasteiger partial charge on any atom is 0.0607 e. The molecule has 0 saturated heterocycles. The summed E-state index contributed by atoms with van der Waals surface area (Å²) in [6.45, 7) is 4.86. The van der Waals surface area contributed by atoms with E-state index < -0.39 is 0 Å². The highest BCUT2D eigenvalue weighted by Gasteiger charge is 2.12. The molecule has 0 atom stereocenters. The molecule has 1 aromatic carbocycles. The third kappa shape index (κ3) is 5.91. The lowest BCUT2D eigenvalue weighted by atomic mass is 10.1. The molecule has 16 heavy (non-hydrogen) atoms. The van der Waals surface area contributed by atoms with Gasteiger partial charge in [-0.2, -0.15) is 0 Å². The van der Waals surface area contributed by atoms with Crippen LogP contribution in [0, 0.1) is 0 Å². The van der Waals surface area contributed by atoms with Crippen LogP contribution in [0.2, 0.25) is 0 Å². The van der Waals surface area contributed by atoms with E-state index in [0.717, 1.165) is 6.54 Å². The van der Waals surface area contributed by atoms with Crippen molar-refractivity contribution in [3.63, 3.8) is 0 Å². The highest BCUT2D eigenvalue weighted by atomic mass is 35.5. The molecule has 0 amide bonds. The first kappa shape index (κ1) is 15.2. The van der Waals surface area contributed by atoms with E-state index in [0.29, 0.717) is 0 Å². The van der Waals surface area contributed by atoms with E-state index in [1.807, 2.05) is 32.0 Å². The first-order valence-corrected chi connectivity index (χ1v) is 5.21. The fraction of sp³-hybridized carbons (Fsp3) is 0.385. The van der Waals surface area contributed by atoms with Crippen LogP contribution in [0.4, 0.5) is 0 Å². The Morgan fingerprint density at radius 2 is 1.88 bits per heavy atom. The van der Waals surface area contributed by atoms with Crippen LogP contribution in [0.15, 0.2) is 36.4 Å². The van der Waals surface area contributed by atoms with E-state index in [9.17, 15) is 0 Å². The quantitative estimate of drug-likeness (QED) is 0.697. The number of benzene rings is 1. The monoisotopic (exact) mass is 240 g/mol. The number of aliphatic hydroxyl groups excluding tert-OH is 1. The molecule has 90 valence electrons. The zero-order valence-electron chi connectivity index (χ0n) is 9.78. The molecule has 0 aliphatic carbocycles. The van der Waals surface area contributed by atoms with Crippen molar-refractivity contribution in [1.82, 2.24) is 5.32 Å². The molecule has 0 fully saturated rings. The van der Waals surface area contributed by atoms with Crippen molar-refractivity contribution < 1.29 is 17.5 Å². The van der Waals surface area contributed by atoms with Crippen LogP contribution in [0.25, 0.3) is 6.08 Å². The topological polar surface area (TPSA) is 32.3 Å². The zero-order chi connectivity index (χ0) is 11.1. The molecule has 3 heteroatoms. The third-order valence-corrected chi connectivity index (χ3v) is 2.20. The molecule has 0 spiro atoms. The molecule has 0 heterocycles. The molecular formula is C13H19ClNO-. The average molecular weight is 241 g/mol. The summed E-state index contributed by atoms with van der Waals surface area (Å²) in [5, 5.41) is 12.3. The van der Waals surface area contributed by atoms with Crippen molar-refractivity contribution in [3.05, 3.63) is 42.0 Å². The second kappa shape index (κ2) is 7.44. The summed E-state index contributed by atoms with van der Waals surface area (Å²) in [5.41, 5.74) is 0.988. The van der Waals surface area contributed by atoms with Gasteiger partial charge in [0.15, 0.2) is 0 Å². The van der Waals surface area contributed by atoms with E-state index in [-0.39, 0.29) is 24.6 Å². The molecular weight excluding hydrogens is 222 g/mol. The van der Waals surface area contributed by atoms with Crippen molar-refractivity contribution in [3.8, 4) is 0 Å². The summed E-state index contributed by atoms with van der Waals surface area (Å²) in [6, 6.07) is 10.2. The Morgan fingerprint density at radius 3 is 2.44 bits per heavy atom. The van der Waals surface area contributed by atoms with Crippen LogP contribution < -0.4 is 17.7 Å². The Balaban J connectivity index is 0.00000225. The number of aliphatic hydroxyl groups is 1. The largest absolute Gasteiger partial charge is 1.00 e. The molecule has 0 radical (unpaired) electrons. The van der Waals surface area contributed by atoms with E-state index in [4.69, 9.17) is 5.11 Å². The van der Waals surface area contributed by atoms with Gasteiger partial charge in [-0.1, -0.05) is 42.5 Å². The zero-order valence-corrected chi connectivity index (χ0v) is 10.5. The molecule has 0 bridgehead atoms. The van der Waals surface area contributed by atoms with E-state index in [1.165, 1.54) is 5.56 Å². The maximum atomic E-state index is 9.02. The van der Waals surface area contributed by atoms with Gasteiger partial charge < -0.3 is 22.8 Å². The van der Waals surface area contributed by atoms with Crippen molar-refractivity contribution in [2.45, 2.75) is 19.4 Å². The van der Waals surface area contributed by atoms with Crippen molar-refractivity contribution in [2.24, 2.45) is 0 Å². The molecule has 0 saturated carbocycles. The summed E-state index contributed by atoms with van der Waals surface area (Å²) in [5.74, 6) is 0. The summed E-state index contributed by atoms with van der Waals surface area (Å²) < 4.78 is 0. The van der Waals surface area contributed by atoms with Gasteiger partial charge >= 0.3 is 0 Å². The van der Waals surface area contributed by atoms with Crippen LogP contribution in [0.5, 0.6) is 0 Å². The van der Waals surface area contributed by atoms with E-state index in [2.05, 4.69) is 29.6 Å². The molecule has 1 aromatic rings. The number of rotatable bonds is 5. The van der Waals surface area contributed by atoms with Gasteiger partial charge in [0.05, 0.1) is 6.61 Å². The smallest absolute Gasteiger partial charge is 0.0607 e. The molecule has 0 aliphatic rings. The fourth-order valence-corrected chi connectivity index (χ4v) is 1.15. The SMILES string of the molecule is CC(C)(CO)NC/C=C/c1ccccc1.[Cl-]. The Morgan fingerprint density at radius 1 is 1.25 bits per heavy atom. The Hall–Kier alpha value is -0.830. The lowest BCUT2D eigenvalue weighted by molar-refractivity contribution is -0.00000411. The predicted molar refractivity (Wildman–Crippen MR) is 64.6 cm³/mol. The van der Waals surface area contributed by atoms with Crippen LogP contribution in [0.1, 0.15) is 19.4 Å². The maximum absolute atomic E-state index is 9.02. The first-order chi connectivity index (χ1) is 7.14. The summed E-state index contributed by atoms with van der Waals surface area (Å²) in [4.78, 5) is 0. The van der Waals surface area contributed by atoms with Gasteiger partial charge in [0.2, 0.25) is 0 Å². The third-order valence-electron chi connectivity index (χ3n) is 2.20. The molecule has 2 nitrogen and oxygen atoms in total. The minimum Gasteiger partial charge on any atom is -1.00 e. The predicted octanol–water partition coefficient (Wildman–Crippen LogP) is -0.936. The lowest BCUT2D eigenvalue weighted by Crippen LogP contribution is -3.00. The first-order valence-electron chi connectivity index (χ1n) is 5.21. The van der Waals surface area contributed by atoms with Gasteiger partial charge in [-0.05, 0) is 19.4 Å². The highest BCUT2D eigenvalue weighted by molar-refractivity contribution is 5.48. The second-order valence-corrected chi connectivity index (χ2v) is 4.24. The highest BCUT2D eigenvalue weighted by Crippen LogP contribution is 2.02. The number of nitrogens with one attached hydrogen (secondary N) is 1. The minimum absolute atomic E-state index is 0. The molecule has 1 rings (SSSR count). The van der Waals surface area contributed by atoms with Crippen LogP contribution >= 0.6 is 0 Å². The van der Waals surface area contributed by atoms with Crippen LogP contribution in [-0.4, -0.2) is 23.8 Å². The second-order valence-electron chi connectivity index (χ2n) is 4.24. The minimum atomic E-state index is -0.207. The summed E-state index contributed by atoms with van der Waals surface area (Å²) >= 11 is 0. The van der Waals surface area contributed by atoms with Crippen molar-refractivity contribution >= 4 is 6.08 Å². The van der Waals surface area contributed by atoms with Crippen molar-refractivity contribution in [2.75, 3.05) is 13.2 Å². The van der Waals surface area contributed by atoms with E-state index in [1.54, 1.807) is 0 Å². The van der Waals surface area contributed by atoms with Gasteiger partial charge in [-0.25, -0.2) is 0 Å². The Kier molecular flexibility index (Phi) is 7.06. The molecule has 0 aromatic heterocycles. The summed E-state index contributed by atoms with van der Waals surface area (Å²) in [7, 11) is 0. The molecule has 0 aliphatic heterocycles. The van der Waals surface area contributed by atoms with E-state index >= 15 is 0 Å². The molecule has 2 N–H and O–H groups in total. The molecule has 0 unspecified atom stereocenters. The van der Waals surface area contributed by atoms with Gasteiger partial charge in [-0.3, -0.25) is 0 Å². The van der Waals surface area contributed by atoms with Gasteiger partial charge in [-0.15, -0.1) is 0 Å². The van der Waals surface area contributed by atoms with Gasteiger partial charge in [0.1, 0.15) is 0 Å². The van der Waals surface area contributed by atoms with Crippen molar-refractivity contribution in [1.29, 1.82) is 0 Å². The van der Waals surface area contributed by atoms with Gasteiger partial charge in [0.25, 0.3) is 0 Å². The fourth-order valence-electron chi connectivity index (χ4n) is 1.15. The van der Waals surface area contributed by atoms with Crippen LogP contribution in [0.3, 0.4) is 0 Å². The number of hydrogen-bond donors (Lipinski definition) is 2. The average Bonchev–Trinajstić information content (AvgIpc) is 2.26. The Bertz CT molecular complexity index is 309. The normalized spacial score (nSPS) is 11.4. The standard InChI is InChI=1S/C13H19NO.ClH/c1-13(2,11-15)14-10-6-9-12-7-4-3-5-8-12;/h3-9,14-15H,10-11H2,1-2H3;1H/p-1/b9-6+;. The lowest BCUT2D eigenvalue weighted by Gasteiger charge is -2.22. The summed E-state index contributed by atoms with van der Waals surface area (Å²) in [6.07, 6.45) is 4.13. The Labute approximate surface area is 104 Å². The van der Waals surface area contributed by atoms with Crippen LogP contribution in [-0.2, 0) is 0 Å². The number of halogens is 1. The number of hydrogen-bond acceptors (Lipinski definition) is 2.